The third-order valence-corrected chi connectivity index (χ3v) is 4.46. The summed E-state index contributed by atoms with van der Waals surface area (Å²) in [7, 11) is 0. The van der Waals surface area contributed by atoms with E-state index in [0.29, 0.717) is 12.0 Å². The fourth-order valence-electron chi connectivity index (χ4n) is 2.12. The molecule has 0 amide bonds. The van der Waals surface area contributed by atoms with Crippen molar-refractivity contribution in [1.82, 2.24) is 0 Å². The quantitative estimate of drug-likeness (QED) is 0.541. The number of esters is 1. The topological polar surface area (TPSA) is 26.3 Å². The molecule has 0 spiro atoms. The Kier molecular flexibility index (Phi) is 6.31. The Labute approximate surface area is 143 Å². The van der Waals surface area contributed by atoms with Gasteiger partial charge in [-0.25, -0.2) is 0 Å². The van der Waals surface area contributed by atoms with Crippen molar-refractivity contribution in [3.63, 3.8) is 0 Å². The van der Waals surface area contributed by atoms with E-state index in [9.17, 15) is 18.0 Å². The van der Waals surface area contributed by atoms with Crippen LogP contribution in [-0.2, 0) is 22.1 Å². The highest BCUT2D eigenvalue weighted by atomic mass is 32.2. The van der Waals surface area contributed by atoms with Gasteiger partial charge in [0.1, 0.15) is 5.25 Å². The molecule has 2 rings (SSSR count). The van der Waals surface area contributed by atoms with Crippen LogP contribution in [0.1, 0.15) is 18.1 Å². The highest BCUT2D eigenvalue weighted by molar-refractivity contribution is 8.00. The van der Waals surface area contributed by atoms with Gasteiger partial charge in [0.2, 0.25) is 0 Å². The number of rotatable bonds is 6. The summed E-state index contributed by atoms with van der Waals surface area (Å²) in [5, 5.41) is -0.510. The fraction of sp³-hybridized carbons (Fsp3) is 0.278. The Morgan fingerprint density at radius 2 is 1.71 bits per heavy atom. The summed E-state index contributed by atoms with van der Waals surface area (Å²) in [4.78, 5) is 13.1. The number of halogens is 3. The molecule has 1 atom stereocenters. The molecular formula is C18H17F3O2S. The standard InChI is InChI=1S/C18H17F3O2S/c1-2-23-17(22)16(24-15-6-4-3-5-7-15)12-13-8-10-14(11-9-13)18(19,20)21/h3-11,16H,2,12H2,1H3. The van der Waals surface area contributed by atoms with E-state index in [2.05, 4.69) is 0 Å². The minimum Gasteiger partial charge on any atom is -0.465 e. The molecule has 0 saturated carbocycles. The Bertz CT molecular complexity index is 654. The molecule has 128 valence electrons. The van der Waals surface area contributed by atoms with Crippen LogP contribution < -0.4 is 0 Å². The minimum absolute atomic E-state index is 0.262. The van der Waals surface area contributed by atoms with E-state index in [0.717, 1.165) is 17.0 Å². The highest BCUT2D eigenvalue weighted by Gasteiger charge is 2.30. The lowest BCUT2D eigenvalue weighted by Crippen LogP contribution is -2.22. The van der Waals surface area contributed by atoms with Crippen LogP contribution in [0.4, 0.5) is 13.2 Å². The van der Waals surface area contributed by atoms with Gasteiger partial charge >= 0.3 is 12.1 Å². The van der Waals surface area contributed by atoms with E-state index in [4.69, 9.17) is 4.74 Å². The van der Waals surface area contributed by atoms with Crippen LogP contribution in [0.3, 0.4) is 0 Å². The number of carbonyl (C=O) groups is 1. The van der Waals surface area contributed by atoms with Gasteiger partial charge in [0, 0.05) is 4.90 Å². The van der Waals surface area contributed by atoms with Crippen LogP contribution in [0.5, 0.6) is 0 Å². The number of alkyl halides is 3. The predicted molar refractivity (Wildman–Crippen MR) is 87.9 cm³/mol. The third kappa shape index (κ3) is 5.30. The van der Waals surface area contributed by atoms with Crippen molar-refractivity contribution in [2.45, 2.75) is 29.7 Å². The zero-order chi connectivity index (χ0) is 17.6. The summed E-state index contributed by atoms with van der Waals surface area (Å²) in [5.41, 5.74) is -0.0425. The maximum absolute atomic E-state index is 12.6. The number of carbonyl (C=O) groups excluding carboxylic acids is 1. The Morgan fingerprint density at radius 1 is 1.08 bits per heavy atom. The molecule has 0 saturated heterocycles. The summed E-state index contributed by atoms with van der Waals surface area (Å²) in [5.74, 6) is -0.369. The molecule has 2 aromatic carbocycles. The van der Waals surface area contributed by atoms with Gasteiger partial charge < -0.3 is 4.74 Å². The molecule has 0 aliphatic carbocycles. The predicted octanol–water partition coefficient (Wildman–Crippen LogP) is 4.97. The van der Waals surface area contributed by atoms with Crippen molar-refractivity contribution in [3.8, 4) is 0 Å². The lowest BCUT2D eigenvalue weighted by Gasteiger charge is -2.16. The highest BCUT2D eigenvalue weighted by Crippen LogP contribution is 2.30. The molecule has 2 aromatic rings. The zero-order valence-corrected chi connectivity index (χ0v) is 13.9. The molecule has 0 aliphatic heterocycles. The molecule has 2 nitrogen and oxygen atoms in total. The van der Waals surface area contributed by atoms with Crippen LogP contribution in [0.15, 0.2) is 59.5 Å². The Morgan fingerprint density at radius 3 is 2.25 bits per heavy atom. The van der Waals surface area contributed by atoms with Gasteiger partial charge in [-0.15, -0.1) is 11.8 Å². The fourth-order valence-corrected chi connectivity index (χ4v) is 3.20. The van der Waals surface area contributed by atoms with Crippen molar-refractivity contribution in [2.24, 2.45) is 0 Å². The number of benzene rings is 2. The minimum atomic E-state index is -4.36. The Hall–Kier alpha value is -1.95. The van der Waals surface area contributed by atoms with E-state index in [1.54, 1.807) is 6.92 Å². The molecule has 0 fully saturated rings. The maximum atomic E-state index is 12.6. The van der Waals surface area contributed by atoms with Gasteiger partial charge in [0.15, 0.2) is 0 Å². The molecule has 24 heavy (non-hydrogen) atoms. The van der Waals surface area contributed by atoms with Gasteiger partial charge in [-0.1, -0.05) is 30.3 Å². The first-order chi connectivity index (χ1) is 11.4. The summed E-state index contributed by atoms with van der Waals surface area (Å²) in [6.45, 7) is 1.98. The zero-order valence-electron chi connectivity index (χ0n) is 13.0. The van der Waals surface area contributed by atoms with Crippen LogP contribution in [0.25, 0.3) is 0 Å². The van der Waals surface area contributed by atoms with Gasteiger partial charge in [-0.05, 0) is 43.2 Å². The lowest BCUT2D eigenvalue weighted by molar-refractivity contribution is -0.142. The number of ether oxygens (including phenoxy) is 1. The van der Waals surface area contributed by atoms with E-state index in [1.165, 1.54) is 23.9 Å². The first-order valence-corrected chi connectivity index (χ1v) is 8.32. The first kappa shape index (κ1) is 18.4. The molecular weight excluding hydrogens is 337 g/mol. The summed E-state index contributed by atoms with van der Waals surface area (Å²) in [6, 6.07) is 14.2. The van der Waals surface area contributed by atoms with Gasteiger partial charge in [-0.3, -0.25) is 4.79 Å². The summed E-state index contributed by atoms with van der Waals surface area (Å²) < 4.78 is 42.9. The second-order valence-electron chi connectivity index (χ2n) is 5.07. The maximum Gasteiger partial charge on any atom is 0.416 e. The monoisotopic (exact) mass is 354 g/mol. The van der Waals surface area contributed by atoms with Crippen LogP contribution in [-0.4, -0.2) is 17.8 Å². The second-order valence-corrected chi connectivity index (χ2v) is 6.35. The average molecular weight is 354 g/mol. The average Bonchev–Trinajstić information content (AvgIpc) is 2.55. The second kappa shape index (κ2) is 8.24. The number of hydrogen-bond donors (Lipinski definition) is 0. The first-order valence-electron chi connectivity index (χ1n) is 7.44. The van der Waals surface area contributed by atoms with Crippen LogP contribution >= 0.6 is 11.8 Å². The molecule has 0 aromatic heterocycles. The van der Waals surface area contributed by atoms with Crippen molar-refractivity contribution < 1.29 is 22.7 Å². The molecule has 0 bridgehead atoms. The van der Waals surface area contributed by atoms with Gasteiger partial charge in [-0.2, -0.15) is 13.2 Å². The van der Waals surface area contributed by atoms with E-state index >= 15 is 0 Å². The lowest BCUT2D eigenvalue weighted by atomic mass is 10.1. The SMILES string of the molecule is CCOC(=O)C(Cc1ccc(C(F)(F)F)cc1)Sc1ccccc1. The van der Waals surface area contributed by atoms with E-state index in [-0.39, 0.29) is 12.6 Å². The molecule has 0 radical (unpaired) electrons. The summed E-state index contributed by atoms with van der Waals surface area (Å²) in [6.07, 6.45) is -4.06. The van der Waals surface area contributed by atoms with E-state index in [1.807, 2.05) is 30.3 Å². The van der Waals surface area contributed by atoms with Crippen LogP contribution in [0, 0.1) is 0 Å². The number of hydrogen-bond acceptors (Lipinski definition) is 3. The molecule has 0 aliphatic rings. The van der Waals surface area contributed by atoms with Crippen molar-refractivity contribution in [3.05, 3.63) is 65.7 Å². The molecule has 1 unspecified atom stereocenters. The number of thioether (sulfide) groups is 1. The molecule has 6 heteroatoms. The third-order valence-electron chi connectivity index (χ3n) is 3.27. The Balaban J connectivity index is 2.14. The smallest absolute Gasteiger partial charge is 0.416 e. The molecule has 0 N–H and O–H groups in total. The van der Waals surface area contributed by atoms with Gasteiger partial charge in [0.25, 0.3) is 0 Å². The molecule has 0 heterocycles. The van der Waals surface area contributed by atoms with Crippen molar-refractivity contribution >= 4 is 17.7 Å². The van der Waals surface area contributed by atoms with Crippen LogP contribution in [0.2, 0.25) is 0 Å². The summed E-state index contributed by atoms with van der Waals surface area (Å²) >= 11 is 1.34. The van der Waals surface area contributed by atoms with E-state index < -0.39 is 17.0 Å². The van der Waals surface area contributed by atoms with Crippen molar-refractivity contribution in [2.75, 3.05) is 6.61 Å². The normalized spacial score (nSPS) is 12.7. The van der Waals surface area contributed by atoms with Gasteiger partial charge in [0.05, 0.1) is 12.2 Å². The van der Waals surface area contributed by atoms with Crippen molar-refractivity contribution in [1.29, 1.82) is 0 Å². The largest absolute Gasteiger partial charge is 0.465 e.